The monoisotopic (exact) mass is 274 g/mol. The van der Waals surface area contributed by atoms with Crippen LogP contribution in [0.25, 0.3) is 0 Å². The van der Waals surface area contributed by atoms with Gasteiger partial charge in [0, 0.05) is 31.5 Å². The SMILES string of the molecule is CCCNc1ccnc(C(=O)N(CC)CC(C)C#N)c1. The first kappa shape index (κ1) is 16.0. The lowest BCUT2D eigenvalue weighted by Crippen LogP contribution is -2.34. The van der Waals surface area contributed by atoms with Crippen molar-refractivity contribution >= 4 is 11.6 Å². The summed E-state index contributed by atoms with van der Waals surface area (Å²) in [6.45, 7) is 7.66. The predicted octanol–water partition coefficient (Wildman–Crippen LogP) is 2.53. The normalized spacial score (nSPS) is 11.5. The molecule has 0 aliphatic rings. The van der Waals surface area contributed by atoms with Gasteiger partial charge in [-0.25, -0.2) is 0 Å². The van der Waals surface area contributed by atoms with Gasteiger partial charge in [-0.3, -0.25) is 9.78 Å². The molecule has 20 heavy (non-hydrogen) atoms. The number of nitriles is 1. The summed E-state index contributed by atoms with van der Waals surface area (Å²) in [6.07, 6.45) is 2.65. The maximum atomic E-state index is 12.4. The number of hydrogen-bond acceptors (Lipinski definition) is 4. The second-order valence-electron chi connectivity index (χ2n) is 4.73. The Bertz CT molecular complexity index is 481. The number of nitrogens with one attached hydrogen (secondary N) is 1. The largest absolute Gasteiger partial charge is 0.385 e. The number of amides is 1. The lowest BCUT2D eigenvalue weighted by molar-refractivity contribution is 0.0747. The fourth-order valence-corrected chi connectivity index (χ4v) is 1.82. The van der Waals surface area contributed by atoms with Crippen LogP contribution in [0.5, 0.6) is 0 Å². The van der Waals surface area contributed by atoms with Gasteiger partial charge in [0.2, 0.25) is 0 Å². The first-order valence-corrected chi connectivity index (χ1v) is 7.01. The minimum absolute atomic E-state index is 0.130. The summed E-state index contributed by atoms with van der Waals surface area (Å²) in [4.78, 5) is 18.2. The van der Waals surface area contributed by atoms with Crippen LogP contribution >= 0.6 is 0 Å². The lowest BCUT2D eigenvalue weighted by Gasteiger charge is -2.21. The van der Waals surface area contributed by atoms with Crippen LogP contribution in [0.4, 0.5) is 5.69 Å². The molecule has 1 aromatic heterocycles. The van der Waals surface area contributed by atoms with E-state index in [1.807, 2.05) is 19.9 Å². The van der Waals surface area contributed by atoms with E-state index < -0.39 is 0 Å². The van der Waals surface area contributed by atoms with Crippen molar-refractivity contribution in [2.45, 2.75) is 27.2 Å². The zero-order chi connectivity index (χ0) is 15.0. The van der Waals surface area contributed by atoms with E-state index in [4.69, 9.17) is 5.26 Å². The van der Waals surface area contributed by atoms with Crippen molar-refractivity contribution in [3.63, 3.8) is 0 Å². The van der Waals surface area contributed by atoms with Crippen molar-refractivity contribution in [3.05, 3.63) is 24.0 Å². The van der Waals surface area contributed by atoms with Crippen molar-refractivity contribution in [1.29, 1.82) is 5.26 Å². The van der Waals surface area contributed by atoms with Crippen LogP contribution in [0, 0.1) is 17.2 Å². The summed E-state index contributed by atoms with van der Waals surface area (Å²) in [5.74, 6) is -0.310. The summed E-state index contributed by atoms with van der Waals surface area (Å²) in [5.41, 5.74) is 1.31. The Morgan fingerprint density at radius 2 is 2.30 bits per heavy atom. The van der Waals surface area contributed by atoms with Crippen molar-refractivity contribution in [2.24, 2.45) is 5.92 Å². The van der Waals surface area contributed by atoms with Crippen molar-refractivity contribution < 1.29 is 4.79 Å². The molecule has 1 unspecified atom stereocenters. The molecule has 1 rings (SSSR count). The third-order valence-corrected chi connectivity index (χ3v) is 2.94. The molecule has 5 nitrogen and oxygen atoms in total. The van der Waals surface area contributed by atoms with Crippen molar-refractivity contribution in [1.82, 2.24) is 9.88 Å². The molecule has 0 aliphatic carbocycles. The minimum Gasteiger partial charge on any atom is -0.385 e. The highest BCUT2D eigenvalue weighted by molar-refractivity contribution is 5.93. The van der Waals surface area contributed by atoms with E-state index in [9.17, 15) is 4.79 Å². The van der Waals surface area contributed by atoms with Gasteiger partial charge >= 0.3 is 0 Å². The number of hydrogen-bond donors (Lipinski definition) is 1. The van der Waals surface area contributed by atoms with Gasteiger partial charge in [-0.1, -0.05) is 6.92 Å². The quantitative estimate of drug-likeness (QED) is 0.829. The molecular weight excluding hydrogens is 252 g/mol. The summed E-state index contributed by atoms with van der Waals surface area (Å²) < 4.78 is 0. The molecule has 1 amide bonds. The Morgan fingerprint density at radius 3 is 2.90 bits per heavy atom. The highest BCUT2D eigenvalue weighted by Gasteiger charge is 2.18. The zero-order valence-electron chi connectivity index (χ0n) is 12.4. The Morgan fingerprint density at radius 1 is 1.55 bits per heavy atom. The van der Waals surface area contributed by atoms with Gasteiger partial charge in [0.1, 0.15) is 5.69 Å². The number of carbonyl (C=O) groups excluding carboxylic acids is 1. The number of anilines is 1. The molecule has 108 valence electrons. The van der Waals surface area contributed by atoms with Crippen LogP contribution in [0.3, 0.4) is 0 Å². The Kier molecular flexibility index (Phi) is 6.51. The summed E-state index contributed by atoms with van der Waals surface area (Å²) >= 11 is 0. The topological polar surface area (TPSA) is 69.0 Å². The summed E-state index contributed by atoms with van der Waals surface area (Å²) in [5, 5.41) is 12.1. The molecule has 1 aromatic rings. The first-order valence-electron chi connectivity index (χ1n) is 7.01. The zero-order valence-corrected chi connectivity index (χ0v) is 12.4. The van der Waals surface area contributed by atoms with Gasteiger partial charge in [-0.15, -0.1) is 0 Å². The molecular formula is C15H22N4O. The van der Waals surface area contributed by atoms with Gasteiger partial charge < -0.3 is 10.2 Å². The fourth-order valence-electron chi connectivity index (χ4n) is 1.82. The van der Waals surface area contributed by atoms with Crippen molar-refractivity contribution in [2.75, 3.05) is 25.0 Å². The van der Waals surface area contributed by atoms with Gasteiger partial charge in [-0.05, 0) is 32.4 Å². The molecule has 1 atom stereocenters. The molecule has 1 heterocycles. The lowest BCUT2D eigenvalue weighted by atomic mass is 10.2. The van der Waals surface area contributed by atoms with Crippen LogP contribution in [0.2, 0.25) is 0 Å². The average Bonchev–Trinajstić information content (AvgIpc) is 2.49. The molecule has 0 radical (unpaired) electrons. The Labute approximate surface area is 120 Å². The molecule has 1 N–H and O–H groups in total. The maximum absolute atomic E-state index is 12.4. The molecule has 0 aromatic carbocycles. The number of pyridine rings is 1. The first-order chi connectivity index (χ1) is 9.62. The fraction of sp³-hybridized carbons (Fsp3) is 0.533. The van der Waals surface area contributed by atoms with E-state index in [0.717, 1.165) is 18.7 Å². The summed E-state index contributed by atoms with van der Waals surface area (Å²) in [7, 11) is 0. The molecule has 0 spiro atoms. The smallest absolute Gasteiger partial charge is 0.272 e. The third kappa shape index (κ3) is 4.54. The number of rotatable bonds is 7. The number of nitrogens with zero attached hydrogens (tertiary/aromatic N) is 3. The highest BCUT2D eigenvalue weighted by atomic mass is 16.2. The highest BCUT2D eigenvalue weighted by Crippen LogP contribution is 2.11. The minimum atomic E-state index is -0.180. The third-order valence-electron chi connectivity index (χ3n) is 2.94. The molecule has 0 saturated heterocycles. The van der Waals surface area contributed by atoms with Crippen LogP contribution in [0.1, 0.15) is 37.7 Å². The predicted molar refractivity (Wildman–Crippen MR) is 79.4 cm³/mol. The molecule has 0 fully saturated rings. The Hall–Kier alpha value is -2.09. The van der Waals surface area contributed by atoms with E-state index in [1.165, 1.54) is 0 Å². The van der Waals surface area contributed by atoms with Crippen LogP contribution in [-0.4, -0.2) is 35.4 Å². The van der Waals surface area contributed by atoms with Gasteiger partial charge in [0.25, 0.3) is 5.91 Å². The van der Waals surface area contributed by atoms with Crippen LogP contribution in [0.15, 0.2) is 18.3 Å². The van der Waals surface area contributed by atoms with E-state index in [0.29, 0.717) is 18.8 Å². The summed E-state index contributed by atoms with van der Waals surface area (Å²) in [6, 6.07) is 5.76. The molecule has 0 aliphatic heterocycles. The second kappa shape index (κ2) is 8.16. The second-order valence-corrected chi connectivity index (χ2v) is 4.73. The van der Waals surface area contributed by atoms with E-state index in [2.05, 4.69) is 23.3 Å². The standard InChI is InChI=1S/C15H22N4O/c1-4-7-17-13-6-8-18-14(9-13)15(20)19(5-2)11-12(3)10-16/h6,8-9,12H,4-5,7,11H2,1-3H3,(H,17,18). The van der Waals surface area contributed by atoms with E-state index >= 15 is 0 Å². The van der Waals surface area contributed by atoms with Gasteiger partial charge in [0.15, 0.2) is 0 Å². The average molecular weight is 274 g/mol. The van der Waals surface area contributed by atoms with E-state index in [1.54, 1.807) is 17.2 Å². The van der Waals surface area contributed by atoms with Gasteiger partial charge in [-0.2, -0.15) is 5.26 Å². The van der Waals surface area contributed by atoms with Gasteiger partial charge in [0.05, 0.1) is 12.0 Å². The van der Waals surface area contributed by atoms with Crippen LogP contribution < -0.4 is 5.32 Å². The number of carbonyl (C=O) groups is 1. The van der Waals surface area contributed by atoms with Crippen LogP contribution in [-0.2, 0) is 0 Å². The molecule has 5 heteroatoms. The van der Waals surface area contributed by atoms with E-state index in [-0.39, 0.29) is 11.8 Å². The maximum Gasteiger partial charge on any atom is 0.272 e. The van der Waals surface area contributed by atoms with Crippen molar-refractivity contribution in [3.8, 4) is 6.07 Å². The Balaban J connectivity index is 2.81. The molecule has 0 bridgehead atoms. The molecule has 0 saturated carbocycles. The number of aromatic nitrogens is 1.